The molecule has 3 heteroatoms. The summed E-state index contributed by atoms with van der Waals surface area (Å²) < 4.78 is 0. The maximum Gasteiger partial charge on any atom is 0.325 e. The van der Waals surface area contributed by atoms with E-state index in [-0.39, 0.29) is 0 Å². The Kier molecular flexibility index (Phi) is 4.02. The molecule has 1 saturated carbocycles. The fraction of sp³-hybridized carbons (Fsp3) is 0.533. The first-order valence-electron chi connectivity index (χ1n) is 6.63. The lowest BCUT2D eigenvalue weighted by Gasteiger charge is -2.30. The van der Waals surface area contributed by atoms with E-state index in [2.05, 4.69) is 18.7 Å². The summed E-state index contributed by atoms with van der Waals surface area (Å²) in [5.41, 5.74) is 0.887. The summed E-state index contributed by atoms with van der Waals surface area (Å²) in [7, 11) is 0. The molecule has 0 heterocycles. The molecule has 1 aromatic carbocycles. The van der Waals surface area contributed by atoms with Crippen LogP contribution < -0.4 is 0 Å². The van der Waals surface area contributed by atoms with Crippen molar-refractivity contribution in [1.82, 2.24) is 4.90 Å². The van der Waals surface area contributed by atoms with Crippen LogP contribution in [0.15, 0.2) is 30.3 Å². The molecule has 1 aliphatic carbocycles. The molecule has 1 aliphatic rings. The molecule has 1 fully saturated rings. The topological polar surface area (TPSA) is 40.5 Å². The molecule has 2 rings (SSSR count). The normalized spacial score (nSPS) is 17.1. The maximum absolute atomic E-state index is 11.6. The van der Waals surface area contributed by atoms with Crippen molar-refractivity contribution in [2.45, 2.75) is 38.8 Å². The second kappa shape index (κ2) is 5.53. The van der Waals surface area contributed by atoms with Crippen LogP contribution >= 0.6 is 0 Å². The van der Waals surface area contributed by atoms with Crippen LogP contribution in [-0.4, -0.2) is 28.6 Å². The first-order chi connectivity index (χ1) is 8.59. The van der Waals surface area contributed by atoms with E-state index in [4.69, 9.17) is 0 Å². The van der Waals surface area contributed by atoms with E-state index in [0.717, 1.165) is 24.9 Å². The third kappa shape index (κ3) is 3.10. The van der Waals surface area contributed by atoms with Crippen LogP contribution in [0.2, 0.25) is 0 Å². The lowest BCUT2D eigenvalue weighted by molar-refractivity contribution is -0.144. The van der Waals surface area contributed by atoms with Gasteiger partial charge in [-0.05, 0) is 24.3 Å². The number of aliphatic carboxylic acids is 1. The van der Waals surface area contributed by atoms with E-state index < -0.39 is 12.0 Å². The SMILES string of the molecule is CC(C)CN(C1CC1)C(C(=O)O)c1ccccc1. The Morgan fingerprint density at radius 1 is 1.33 bits per heavy atom. The number of benzene rings is 1. The second-order valence-electron chi connectivity index (χ2n) is 5.47. The van der Waals surface area contributed by atoms with E-state index in [1.54, 1.807) is 0 Å². The summed E-state index contributed by atoms with van der Waals surface area (Å²) in [6.07, 6.45) is 2.26. The molecule has 98 valence electrons. The van der Waals surface area contributed by atoms with Gasteiger partial charge in [-0.25, -0.2) is 0 Å². The Bertz CT molecular complexity index is 398. The summed E-state index contributed by atoms with van der Waals surface area (Å²) in [4.78, 5) is 13.8. The largest absolute Gasteiger partial charge is 0.480 e. The fourth-order valence-corrected chi connectivity index (χ4v) is 2.40. The van der Waals surface area contributed by atoms with Crippen LogP contribution in [-0.2, 0) is 4.79 Å². The number of carboxylic acid groups (broad SMARTS) is 1. The standard InChI is InChI=1S/C15H21NO2/c1-11(2)10-16(13-8-9-13)14(15(17)18)12-6-4-3-5-7-12/h3-7,11,13-14H,8-10H2,1-2H3,(H,17,18). The molecule has 0 radical (unpaired) electrons. The van der Waals surface area contributed by atoms with E-state index in [1.165, 1.54) is 0 Å². The van der Waals surface area contributed by atoms with Gasteiger partial charge in [0.1, 0.15) is 6.04 Å². The number of hydrogen-bond acceptors (Lipinski definition) is 2. The number of hydrogen-bond donors (Lipinski definition) is 1. The second-order valence-corrected chi connectivity index (χ2v) is 5.47. The molecule has 0 aliphatic heterocycles. The molecule has 3 nitrogen and oxygen atoms in total. The number of nitrogens with zero attached hydrogens (tertiary/aromatic N) is 1. The lowest BCUT2D eigenvalue weighted by Crippen LogP contribution is -2.38. The summed E-state index contributed by atoms with van der Waals surface area (Å²) in [6.45, 7) is 5.12. The molecule has 1 unspecified atom stereocenters. The van der Waals surface area contributed by atoms with Gasteiger partial charge in [0.05, 0.1) is 0 Å². The van der Waals surface area contributed by atoms with Gasteiger partial charge in [-0.2, -0.15) is 0 Å². The van der Waals surface area contributed by atoms with E-state index in [9.17, 15) is 9.90 Å². The highest BCUT2D eigenvalue weighted by molar-refractivity contribution is 5.75. The van der Waals surface area contributed by atoms with Crippen LogP contribution in [0.5, 0.6) is 0 Å². The van der Waals surface area contributed by atoms with Gasteiger partial charge in [-0.3, -0.25) is 9.69 Å². The molecule has 0 amide bonds. The van der Waals surface area contributed by atoms with Crippen molar-refractivity contribution in [3.05, 3.63) is 35.9 Å². The number of carbonyl (C=O) groups is 1. The minimum atomic E-state index is -0.742. The predicted molar refractivity (Wildman–Crippen MR) is 71.4 cm³/mol. The van der Waals surface area contributed by atoms with Crippen molar-refractivity contribution < 1.29 is 9.90 Å². The highest BCUT2D eigenvalue weighted by Crippen LogP contribution is 2.35. The van der Waals surface area contributed by atoms with Gasteiger partial charge in [0.2, 0.25) is 0 Å². The predicted octanol–water partition coefficient (Wildman–Crippen LogP) is 2.93. The molecule has 0 bridgehead atoms. The molecule has 0 aromatic heterocycles. The van der Waals surface area contributed by atoms with Gasteiger partial charge >= 0.3 is 5.97 Å². The van der Waals surface area contributed by atoms with Crippen LogP contribution in [0.3, 0.4) is 0 Å². The van der Waals surface area contributed by atoms with Crippen molar-refractivity contribution in [2.75, 3.05) is 6.54 Å². The first-order valence-corrected chi connectivity index (χ1v) is 6.63. The van der Waals surface area contributed by atoms with Gasteiger partial charge in [0.25, 0.3) is 0 Å². The minimum absolute atomic E-state index is 0.453. The van der Waals surface area contributed by atoms with Gasteiger partial charge in [0, 0.05) is 12.6 Å². The van der Waals surface area contributed by atoms with Crippen molar-refractivity contribution in [3.8, 4) is 0 Å². The Balaban J connectivity index is 2.24. The van der Waals surface area contributed by atoms with Crippen LogP contribution in [0.25, 0.3) is 0 Å². The van der Waals surface area contributed by atoms with Gasteiger partial charge < -0.3 is 5.11 Å². The zero-order chi connectivity index (χ0) is 13.1. The smallest absolute Gasteiger partial charge is 0.325 e. The van der Waals surface area contributed by atoms with E-state index in [1.807, 2.05) is 30.3 Å². The highest BCUT2D eigenvalue weighted by Gasteiger charge is 2.38. The summed E-state index contributed by atoms with van der Waals surface area (Å²) in [5.74, 6) is -0.259. The third-order valence-corrected chi connectivity index (χ3v) is 3.27. The first kappa shape index (κ1) is 13.1. The monoisotopic (exact) mass is 247 g/mol. The van der Waals surface area contributed by atoms with E-state index in [0.29, 0.717) is 12.0 Å². The number of carboxylic acids is 1. The zero-order valence-electron chi connectivity index (χ0n) is 11.0. The fourth-order valence-electron chi connectivity index (χ4n) is 2.40. The van der Waals surface area contributed by atoms with Crippen LogP contribution in [0.1, 0.15) is 38.3 Å². The molecular weight excluding hydrogens is 226 g/mol. The summed E-state index contributed by atoms with van der Waals surface area (Å²) >= 11 is 0. The Morgan fingerprint density at radius 2 is 1.94 bits per heavy atom. The average molecular weight is 247 g/mol. The van der Waals surface area contributed by atoms with Gasteiger partial charge in [0.15, 0.2) is 0 Å². The highest BCUT2D eigenvalue weighted by atomic mass is 16.4. The Labute approximate surface area is 108 Å². The van der Waals surface area contributed by atoms with Crippen molar-refractivity contribution in [2.24, 2.45) is 5.92 Å². The molecule has 1 N–H and O–H groups in total. The quantitative estimate of drug-likeness (QED) is 0.840. The maximum atomic E-state index is 11.6. The van der Waals surface area contributed by atoms with Gasteiger partial charge in [-0.1, -0.05) is 44.2 Å². The van der Waals surface area contributed by atoms with Crippen molar-refractivity contribution >= 4 is 5.97 Å². The Hall–Kier alpha value is -1.35. The van der Waals surface area contributed by atoms with E-state index >= 15 is 0 Å². The summed E-state index contributed by atoms with van der Waals surface area (Å²) in [5, 5.41) is 9.54. The minimum Gasteiger partial charge on any atom is -0.480 e. The summed E-state index contributed by atoms with van der Waals surface area (Å²) in [6, 6.07) is 9.52. The van der Waals surface area contributed by atoms with Crippen molar-refractivity contribution in [1.29, 1.82) is 0 Å². The zero-order valence-corrected chi connectivity index (χ0v) is 11.0. The Morgan fingerprint density at radius 3 is 2.39 bits per heavy atom. The third-order valence-electron chi connectivity index (χ3n) is 3.27. The molecule has 18 heavy (non-hydrogen) atoms. The molecule has 0 spiro atoms. The lowest BCUT2D eigenvalue weighted by atomic mass is 10.0. The number of rotatable bonds is 6. The molecule has 1 aromatic rings. The van der Waals surface area contributed by atoms with Crippen LogP contribution in [0, 0.1) is 5.92 Å². The van der Waals surface area contributed by atoms with Gasteiger partial charge in [-0.15, -0.1) is 0 Å². The average Bonchev–Trinajstić information content (AvgIpc) is 3.12. The molecular formula is C15H21NO2. The molecule has 1 atom stereocenters. The molecule has 0 saturated heterocycles. The van der Waals surface area contributed by atoms with Crippen molar-refractivity contribution in [3.63, 3.8) is 0 Å². The van der Waals surface area contributed by atoms with Crippen LogP contribution in [0.4, 0.5) is 0 Å².